The first kappa shape index (κ1) is 33.1. The summed E-state index contributed by atoms with van der Waals surface area (Å²) in [5.41, 5.74) is 9.89. The average molecular weight is 744 g/mol. The number of benzene rings is 9. The van der Waals surface area contributed by atoms with E-state index in [0.717, 1.165) is 38.6 Å². The van der Waals surface area contributed by atoms with Gasteiger partial charge in [-0.2, -0.15) is 0 Å². The number of hydrogen-bond donors (Lipinski definition) is 0. The predicted octanol–water partition coefficient (Wildman–Crippen LogP) is 14.5. The van der Waals surface area contributed by atoms with Gasteiger partial charge in [-0.05, 0) is 85.3 Å². The van der Waals surface area contributed by atoms with Crippen LogP contribution in [0, 0.1) is 0 Å². The van der Waals surface area contributed by atoms with E-state index < -0.39 is 0 Å². The van der Waals surface area contributed by atoms with Gasteiger partial charge in [-0.15, -0.1) is 11.3 Å². The molecule has 9 aromatic carbocycles. The molecule has 3 nitrogen and oxygen atoms in total. The minimum absolute atomic E-state index is 0.636. The van der Waals surface area contributed by atoms with Crippen molar-refractivity contribution in [1.29, 1.82) is 0 Å². The molecule has 0 fully saturated rings. The van der Waals surface area contributed by atoms with Crippen LogP contribution in [0.3, 0.4) is 0 Å². The second-order valence-corrected chi connectivity index (χ2v) is 15.5. The zero-order chi connectivity index (χ0) is 37.7. The van der Waals surface area contributed by atoms with Gasteiger partial charge in [0.25, 0.3) is 0 Å². The van der Waals surface area contributed by atoms with Gasteiger partial charge in [0.15, 0.2) is 17.5 Å². The third-order valence-electron chi connectivity index (χ3n) is 11.0. The summed E-state index contributed by atoms with van der Waals surface area (Å²) in [6.07, 6.45) is 0. The Balaban J connectivity index is 1.06. The van der Waals surface area contributed by atoms with Crippen molar-refractivity contribution in [2.75, 3.05) is 0 Å². The van der Waals surface area contributed by atoms with Crippen LogP contribution in [0.5, 0.6) is 0 Å². The summed E-state index contributed by atoms with van der Waals surface area (Å²) in [6, 6.07) is 71.1. The maximum absolute atomic E-state index is 5.31. The number of rotatable bonds is 6. The molecule has 0 amide bonds. The fourth-order valence-electron chi connectivity index (χ4n) is 8.13. The molecule has 0 aliphatic rings. The second kappa shape index (κ2) is 13.8. The molecule has 0 bridgehead atoms. The Morgan fingerprint density at radius 2 is 0.825 bits per heavy atom. The molecule has 4 heteroatoms. The van der Waals surface area contributed by atoms with E-state index in [1.54, 1.807) is 11.3 Å². The van der Waals surface area contributed by atoms with Gasteiger partial charge in [-0.25, -0.2) is 15.0 Å². The molecule has 0 aliphatic heterocycles. The van der Waals surface area contributed by atoms with E-state index in [1.165, 1.54) is 53.2 Å². The Morgan fingerprint density at radius 3 is 1.63 bits per heavy atom. The highest BCUT2D eigenvalue weighted by atomic mass is 32.1. The lowest BCUT2D eigenvalue weighted by Crippen LogP contribution is -2.01. The topological polar surface area (TPSA) is 38.7 Å². The van der Waals surface area contributed by atoms with E-state index in [-0.39, 0.29) is 0 Å². The van der Waals surface area contributed by atoms with Gasteiger partial charge in [0.05, 0.1) is 0 Å². The summed E-state index contributed by atoms with van der Waals surface area (Å²) < 4.78 is 2.46. The smallest absolute Gasteiger partial charge is 0.164 e. The molecule has 0 spiro atoms. The highest BCUT2D eigenvalue weighted by Crippen LogP contribution is 2.41. The van der Waals surface area contributed by atoms with Crippen molar-refractivity contribution in [3.63, 3.8) is 0 Å². The van der Waals surface area contributed by atoms with Crippen molar-refractivity contribution < 1.29 is 0 Å². The molecule has 0 aliphatic carbocycles. The molecule has 2 aromatic heterocycles. The first-order chi connectivity index (χ1) is 28.2. The lowest BCUT2D eigenvalue weighted by Gasteiger charge is -2.14. The molecule has 11 aromatic rings. The average Bonchev–Trinajstić information content (AvgIpc) is 3.68. The Kier molecular flexibility index (Phi) is 8.01. The van der Waals surface area contributed by atoms with Crippen LogP contribution >= 0.6 is 11.3 Å². The fraction of sp³-hybridized carbons (Fsp3) is 0. The van der Waals surface area contributed by atoms with Crippen LogP contribution in [0.25, 0.3) is 109 Å². The third kappa shape index (κ3) is 5.95. The predicted molar refractivity (Wildman–Crippen MR) is 240 cm³/mol. The van der Waals surface area contributed by atoms with Gasteiger partial charge >= 0.3 is 0 Å². The van der Waals surface area contributed by atoms with E-state index >= 15 is 0 Å². The first-order valence-electron chi connectivity index (χ1n) is 19.2. The first-order valence-corrected chi connectivity index (χ1v) is 20.0. The Bertz CT molecular complexity index is 3290. The Hall–Kier alpha value is -7.27. The Morgan fingerprint density at radius 1 is 0.281 bits per heavy atom. The number of fused-ring (bicyclic) bond motifs is 5. The molecule has 0 N–H and O–H groups in total. The summed E-state index contributed by atoms with van der Waals surface area (Å²) in [6.45, 7) is 0. The number of nitrogens with zero attached hydrogens (tertiary/aromatic N) is 3. The zero-order valence-electron chi connectivity index (χ0n) is 30.8. The van der Waals surface area contributed by atoms with E-state index in [4.69, 9.17) is 15.0 Å². The Labute approximate surface area is 334 Å². The van der Waals surface area contributed by atoms with E-state index in [2.05, 4.69) is 200 Å². The minimum Gasteiger partial charge on any atom is -0.208 e. The summed E-state index contributed by atoms with van der Waals surface area (Å²) in [4.78, 5) is 15.9. The minimum atomic E-state index is 0.636. The molecule has 2 heterocycles. The maximum Gasteiger partial charge on any atom is 0.164 e. The number of aromatic nitrogens is 3. The molecular weight excluding hydrogens is 711 g/mol. The van der Waals surface area contributed by atoms with E-state index in [9.17, 15) is 0 Å². The van der Waals surface area contributed by atoms with Gasteiger partial charge in [0, 0.05) is 36.9 Å². The van der Waals surface area contributed by atoms with Crippen LogP contribution in [0.1, 0.15) is 0 Å². The van der Waals surface area contributed by atoms with Gasteiger partial charge in [-0.3, -0.25) is 0 Å². The van der Waals surface area contributed by atoms with Crippen LogP contribution in [0.4, 0.5) is 0 Å². The highest BCUT2D eigenvalue weighted by Gasteiger charge is 2.19. The molecule has 266 valence electrons. The number of hydrogen-bond acceptors (Lipinski definition) is 4. The van der Waals surface area contributed by atoms with E-state index in [1.807, 2.05) is 0 Å². The number of thiophene rings is 1. The summed E-state index contributed by atoms with van der Waals surface area (Å²) in [5, 5.41) is 7.13. The lowest BCUT2D eigenvalue weighted by atomic mass is 9.94. The lowest BCUT2D eigenvalue weighted by molar-refractivity contribution is 1.08. The SMILES string of the molecule is c1ccc(-c2ccc(-c3nc(-c4cccc(-c5ccc(-c6ccc7ccccc7c6)cc5)c4)nc(-c4cccc5sc6ccccc6c45)n3)c3ccccc23)cc1. The van der Waals surface area contributed by atoms with Crippen molar-refractivity contribution >= 4 is 53.1 Å². The zero-order valence-corrected chi connectivity index (χ0v) is 31.6. The van der Waals surface area contributed by atoms with Crippen molar-refractivity contribution in [3.05, 3.63) is 200 Å². The van der Waals surface area contributed by atoms with Crippen molar-refractivity contribution in [3.8, 4) is 67.5 Å². The van der Waals surface area contributed by atoms with Crippen LogP contribution in [-0.4, -0.2) is 15.0 Å². The van der Waals surface area contributed by atoms with Gasteiger partial charge in [0.1, 0.15) is 0 Å². The molecule has 11 rings (SSSR count). The molecular formula is C53H33N3S. The fourth-order valence-corrected chi connectivity index (χ4v) is 9.26. The normalized spacial score (nSPS) is 11.5. The second-order valence-electron chi connectivity index (χ2n) is 14.4. The van der Waals surface area contributed by atoms with Gasteiger partial charge in [0.2, 0.25) is 0 Å². The maximum atomic E-state index is 5.31. The quantitative estimate of drug-likeness (QED) is 0.170. The van der Waals surface area contributed by atoms with Gasteiger partial charge < -0.3 is 0 Å². The van der Waals surface area contributed by atoms with E-state index in [0.29, 0.717) is 17.5 Å². The summed E-state index contributed by atoms with van der Waals surface area (Å²) in [5.74, 6) is 1.94. The standard InChI is InChI=1S/C53H33N3S/c1-2-13-37(14-3-1)42-30-31-45(44-19-7-6-18-43(42)44)52-54-51(55-53(56-52)47-21-11-23-49-50(47)46-20-8-9-22-48(46)57-49)41-17-10-16-39(33-41)35-24-26-36(27-25-35)40-29-28-34-12-4-5-15-38(34)32-40/h1-33H. The molecule has 57 heavy (non-hydrogen) atoms. The van der Waals surface area contributed by atoms with Crippen LogP contribution in [-0.2, 0) is 0 Å². The molecule has 0 radical (unpaired) electrons. The van der Waals surface area contributed by atoms with Crippen LogP contribution in [0.2, 0.25) is 0 Å². The van der Waals surface area contributed by atoms with Crippen LogP contribution < -0.4 is 0 Å². The third-order valence-corrected chi connectivity index (χ3v) is 12.1. The van der Waals surface area contributed by atoms with Crippen molar-refractivity contribution in [2.24, 2.45) is 0 Å². The highest BCUT2D eigenvalue weighted by molar-refractivity contribution is 7.25. The monoisotopic (exact) mass is 743 g/mol. The van der Waals surface area contributed by atoms with Crippen molar-refractivity contribution in [1.82, 2.24) is 15.0 Å². The summed E-state index contributed by atoms with van der Waals surface area (Å²) >= 11 is 1.80. The molecule has 0 saturated carbocycles. The molecule has 0 unspecified atom stereocenters. The largest absolute Gasteiger partial charge is 0.208 e. The molecule has 0 saturated heterocycles. The van der Waals surface area contributed by atoms with Crippen molar-refractivity contribution in [2.45, 2.75) is 0 Å². The van der Waals surface area contributed by atoms with Gasteiger partial charge in [-0.1, -0.05) is 170 Å². The summed E-state index contributed by atoms with van der Waals surface area (Å²) in [7, 11) is 0. The molecule has 0 atom stereocenters. The van der Waals surface area contributed by atoms with Crippen LogP contribution in [0.15, 0.2) is 200 Å².